The van der Waals surface area contributed by atoms with E-state index in [1.165, 1.54) is 5.56 Å². The molecule has 1 N–H and O–H groups in total. The second-order valence-corrected chi connectivity index (χ2v) is 6.04. The van der Waals surface area contributed by atoms with E-state index in [9.17, 15) is 4.79 Å². The van der Waals surface area contributed by atoms with Crippen LogP contribution in [0.25, 0.3) is 0 Å². The van der Waals surface area contributed by atoms with Gasteiger partial charge in [-0.25, -0.2) is 4.79 Å². The van der Waals surface area contributed by atoms with Crippen LogP contribution in [0, 0.1) is 5.92 Å². The minimum atomic E-state index is 0.0639. The van der Waals surface area contributed by atoms with Crippen molar-refractivity contribution in [2.24, 2.45) is 5.92 Å². The van der Waals surface area contributed by atoms with Gasteiger partial charge in [0.1, 0.15) is 5.75 Å². The zero-order chi connectivity index (χ0) is 15.2. The number of hydrogen-bond acceptors (Lipinski definition) is 2. The first-order chi connectivity index (χ1) is 10.1. The van der Waals surface area contributed by atoms with Crippen LogP contribution < -0.4 is 10.1 Å². The summed E-state index contributed by atoms with van der Waals surface area (Å²) in [5.41, 5.74) is 1.19. The smallest absolute Gasteiger partial charge is 0.317 e. The predicted molar refractivity (Wildman–Crippen MR) is 84.5 cm³/mol. The number of nitrogens with one attached hydrogen (secondary N) is 1. The number of nitrogens with zero attached hydrogens (tertiary/aromatic N) is 1. The van der Waals surface area contributed by atoms with Crippen LogP contribution in [0.2, 0.25) is 0 Å². The molecule has 116 valence electrons. The summed E-state index contributed by atoms with van der Waals surface area (Å²) in [5.74, 6) is 1.46. The summed E-state index contributed by atoms with van der Waals surface area (Å²) in [4.78, 5) is 14.3. The van der Waals surface area contributed by atoms with Crippen molar-refractivity contribution in [1.29, 1.82) is 0 Å². The molecule has 0 spiro atoms. The fraction of sp³-hybridized carbons (Fsp3) is 0.588. The van der Waals surface area contributed by atoms with Gasteiger partial charge in [-0.1, -0.05) is 26.0 Å². The van der Waals surface area contributed by atoms with E-state index >= 15 is 0 Å². The molecule has 1 aliphatic rings. The van der Waals surface area contributed by atoms with E-state index < -0.39 is 0 Å². The van der Waals surface area contributed by atoms with Gasteiger partial charge in [0, 0.05) is 13.1 Å². The Kier molecular flexibility index (Phi) is 5.48. The van der Waals surface area contributed by atoms with Gasteiger partial charge in [-0.05, 0) is 42.9 Å². The van der Waals surface area contributed by atoms with Crippen LogP contribution in [-0.4, -0.2) is 31.1 Å². The van der Waals surface area contributed by atoms with Gasteiger partial charge in [0.25, 0.3) is 0 Å². The zero-order valence-electron chi connectivity index (χ0n) is 13.3. The maximum atomic E-state index is 12.3. The molecule has 1 fully saturated rings. The Balaban J connectivity index is 1.97. The highest BCUT2D eigenvalue weighted by atomic mass is 16.5. The van der Waals surface area contributed by atoms with Gasteiger partial charge in [-0.15, -0.1) is 0 Å². The molecule has 0 radical (unpaired) electrons. The zero-order valence-corrected chi connectivity index (χ0v) is 13.3. The second kappa shape index (κ2) is 7.34. The first-order valence-corrected chi connectivity index (χ1v) is 7.80. The third-order valence-electron chi connectivity index (χ3n) is 4.01. The Morgan fingerprint density at radius 2 is 2.10 bits per heavy atom. The molecule has 1 heterocycles. The van der Waals surface area contributed by atoms with Gasteiger partial charge in [0.05, 0.1) is 13.2 Å². The highest BCUT2D eigenvalue weighted by Gasteiger charge is 2.29. The van der Waals surface area contributed by atoms with Crippen molar-refractivity contribution in [3.05, 3.63) is 29.8 Å². The van der Waals surface area contributed by atoms with Crippen LogP contribution in [0.15, 0.2) is 24.3 Å². The van der Waals surface area contributed by atoms with E-state index in [1.807, 2.05) is 17.0 Å². The third-order valence-corrected chi connectivity index (χ3v) is 4.01. The number of hydrogen-bond donors (Lipinski definition) is 1. The molecule has 4 nitrogen and oxygen atoms in total. The molecular formula is C17H26N2O2. The van der Waals surface area contributed by atoms with Crippen LogP contribution in [0.3, 0.4) is 0 Å². The normalized spacial score (nSPS) is 18.1. The average Bonchev–Trinajstić information content (AvgIpc) is 2.96. The number of carbonyl (C=O) groups excluding carboxylic acids is 1. The van der Waals surface area contributed by atoms with Crippen molar-refractivity contribution < 1.29 is 9.53 Å². The fourth-order valence-electron chi connectivity index (χ4n) is 2.75. The van der Waals surface area contributed by atoms with Crippen LogP contribution in [0.4, 0.5) is 4.79 Å². The van der Waals surface area contributed by atoms with Gasteiger partial charge in [-0.2, -0.15) is 0 Å². The Labute approximate surface area is 127 Å². The lowest BCUT2D eigenvalue weighted by molar-refractivity contribution is 0.192. The summed E-state index contributed by atoms with van der Waals surface area (Å²) in [5, 5.41) is 3.04. The minimum absolute atomic E-state index is 0.0639. The summed E-state index contributed by atoms with van der Waals surface area (Å²) in [7, 11) is 1.67. The molecule has 0 unspecified atom stereocenters. The van der Waals surface area contributed by atoms with Crippen LogP contribution in [0.5, 0.6) is 5.75 Å². The van der Waals surface area contributed by atoms with Gasteiger partial charge in [-0.3, -0.25) is 0 Å². The van der Waals surface area contributed by atoms with Crippen molar-refractivity contribution in [3.8, 4) is 5.75 Å². The summed E-state index contributed by atoms with van der Waals surface area (Å²) in [6.45, 7) is 5.93. The Bertz CT molecular complexity index is 456. The Morgan fingerprint density at radius 1 is 1.38 bits per heavy atom. The monoisotopic (exact) mass is 290 g/mol. The quantitative estimate of drug-likeness (QED) is 0.900. The number of methoxy groups -OCH3 is 1. The van der Waals surface area contributed by atoms with E-state index in [1.54, 1.807) is 7.11 Å². The van der Waals surface area contributed by atoms with Crippen LogP contribution in [0.1, 0.15) is 44.7 Å². The number of benzene rings is 1. The second-order valence-electron chi connectivity index (χ2n) is 6.04. The highest BCUT2D eigenvalue weighted by molar-refractivity contribution is 5.75. The van der Waals surface area contributed by atoms with Crippen molar-refractivity contribution in [2.45, 2.75) is 39.2 Å². The molecule has 4 heteroatoms. The molecule has 1 aliphatic heterocycles. The number of likely N-dealkylation sites (tertiary alicyclic amines) is 1. The van der Waals surface area contributed by atoms with Gasteiger partial charge in [0.2, 0.25) is 0 Å². The molecule has 0 bridgehead atoms. The van der Waals surface area contributed by atoms with Crippen LogP contribution >= 0.6 is 0 Å². The number of carbonyl (C=O) groups is 1. The predicted octanol–water partition coefficient (Wildman–Crippen LogP) is 3.59. The molecule has 0 aliphatic carbocycles. The van der Waals surface area contributed by atoms with Gasteiger partial charge >= 0.3 is 6.03 Å². The molecule has 1 aromatic carbocycles. The number of ether oxygens (including phenoxy) is 1. The molecule has 1 aromatic rings. The third kappa shape index (κ3) is 4.13. The van der Waals surface area contributed by atoms with Gasteiger partial charge < -0.3 is 15.0 Å². The topological polar surface area (TPSA) is 41.6 Å². The van der Waals surface area contributed by atoms with E-state index in [0.717, 1.165) is 38.1 Å². The lowest BCUT2D eigenvalue weighted by Crippen LogP contribution is -2.40. The molecule has 21 heavy (non-hydrogen) atoms. The van der Waals surface area contributed by atoms with Crippen molar-refractivity contribution in [2.75, 3.05) is 20.2 Å². The van der Waals surface area contributed by atoms with E-state index in [-0.39, 0.29) is 12.1 Å². The van der Waals surface area contributed by atoms with E-state index in [4.69, 9.17) is 4.74 Å². The van der Waals surface area contributed by atoms with Crippen LogP contribution in [-0.2, 0) is 0 Å². The number of amides is 2. The lowest BCUT2D eigenvalue weighted by atomic mass is 10.0. The average molecular weight is 290 g/mol. The maximum Gasteiger partial charge on any atom is 0.317 e. The van der Waals surface area contributed by atoms with E-state index in [2.05, 4.69) is 31.3 Å². The maximum absolute atomic E-state index is 12.3. The standard InChI is InChI=1S/C17H26N2O2/c1-13(2)10-11-18-17(20)19-12-4-5-16(19)14-6-8-15(21-3)9-7-14/h6-9,13,16H,4-5,10-12H2,1-3H3,(H,18,20)/t16-/m0/s1. The first-order valence-electron chi connectivity index (χ1n) is 7.80. The minimum Gasteiger partial charge on any atom is -0.497 e. The fourth-order valence-corrected chi connectivity index (χ4v) is 2.75. The molecule has 0 aromatic heterocycles. The molecule has 2 amide bonds. The summed E-state index contributed by atoms with van der Waals surface area (Å²) in [6, 6.07) is 8.29. The Morgan fingerprint density at radius 3 is 2.71 bits per heavy atom. The van der Waals surface area contributed by atoms with Crippen molar-refractivity contribution in [3.63, 3.8) is 0 Å². The molecule has 1 atom stereocenters. The summed E-state index contributed by atoms with van der Waals surface area (Å²) < 4.78 is 5.19. The lowest BCUT2D eigenvalue weighted by Gasteiger charge is -2.25. The largest absolute Gasteiger partial charge is 0.497 e. The van der Waals surface area contributed by atoms with E-state index in [0.29, 0.717) is 5.92 Å². The molecular weight excluding hydrogens is 264 g/mol. The van der Waals surface area contributed by atoms with Gasteiger partial charge in [0.15, 0.2) is 0 Å². The molecule has 1 saturated heterocycles. The number of urea groups is 1. The Hall–Kier alpha value is -1.71. The SMILES string of the molecule is COc1ccc([C@@H]2CCCN2C(=O)NCCC(C)C)cc1. The number of rotatable bonds is 5. The van der Waals surface area contributed by atoms with Crippen molar-refractivity contribution in [1.82, 2.24) is 10.2 Å². The molecule has 0 saturated carbocycles. The highest BCUT2D eigenvalue weighted by Crippen LogP contribution is 2.32. The summed E-state index contributed by atoms with van der Waals surface area (Å²) in [6.07, 6.45) is 3.12. The summed E-state index contributed by atoms with van der Waals surface area (Å²) >= 11 is 0. The van der Waals surface area contributed by atoms with Crippen molar-refractivity contribution >= 4 is 6.03 Å². The molecule has 2 rings (SSSR count). The first kappa shape index (κ1) is 15.7.